The number of hydrogen-bond acceptors (Lipinski definition) is 4. The summed E-state index contributed by atoms with van der Waals surface area (Å²) in [7, 11) is 1.70. The summed E-state index contributed by atoms with van der Waals surface area (Å²) in [5.74, 6) is 0.835. The van der Waals surface area contributed by atoms with Crippen molar-refractivity contribution in [2.45, 2.75) is 12.1 Å². The molecule has 1 aliphatic rings. The summed E-state index contributed by atoms with van der Waals surface area (Å²) in [5, 5.41) is 6.03. The topological polar surface area (TPSA) is 56.8 Å². The van der Waals surface area contributed by atoms with Gasteiger partial charge in [-0.25, -0.2) is 4.79 Å². The maximum Gasteiger partial charge on any atom is 0.319 e. The second kappa shape index (κ2) is 13.1. The van der Waals surface area contributed by atoms with Crippen LogP contribution in [0.2, 0.25) is 0 Å². The van der Waals surface area contributed by atoms with Crippen molar-refractivity contribution in [1.29, 1.82) is 0 Å². The van der Waals surface area contributed by atoms with Crippen molar-refractivity contribution in [3.8, 4) is 5.75 Å². The average Bonchev–Trinajstić information content (AvgIpc) is 3.00. The quantitative estimate of drug-likeness (QED) is 0.286. The number of carbonyl (C=O) groups is 1. The number of benzene rings is 4. The van der Waals surface area contributed by atoms with Crippen molar-refractivity contribution in [1.82, 2.24) is 15.1 Å². The fourth-order valence-corrected chi connectivity index (χ4v) is 5.46. The van der Waals surface area contributed by atoms with Crippen LogP contribution in [-0.2, 0) is 0 Å². The van der Waals surface area contributed by atoms with Crippen molar-refractivity contribution in [2.75, 3.05) is 45.2 Å². The predicted octanol–water partition coefficient (Wildman–Crippen LogP) is 5.97. The van der Waals surface area contributed by atoms with E-state index in [9.17, 15) is 4.79 Å². The molecule has 0 saturated carbocycles. The molecule has 1 fully saturated rings. The number of ether oxygens (including phenoxy) is 1. The second-order valence-electron chi connectivity index (χ2n) is 9.75. The number of nitrogens with zero attached hydrogens (tertiary/aromatic N) is 2. The molecule has 39 heavy (non-hydrogen) atoms. The first-order valence-electron chi connectivity index (χ1n) is 13.5. The molecule has 2 N–H and O–H groups in total. The number of anilines is 1. The molecule has 0 radical (unpaired) electrons. The van der Waals surface area contributed by atoms with Gasteiger partial charge in [0, 0.05) is 44.0 Å². The lowest BCUT2D eigenvalue weighted by molar-refractivity contribution is 0.0778. The Kier molecular flexibility index (Phi) is 8.89. The second-order valence-corrected chi connectivity index (χ2v) is 9.75. The molecule has 4 aromatic carbocycles. The lowest BCUT2D eigenvalue weighted by Gasteiger charge is -2.43. The molecule has 0 spiro atoms. The maximum absolute atomic E-state index is 12.8. The normalized spacial score (nSPS) is 15.0. The molecule has 1 heterocycles. The van der Waals surface area contributed by atoms with Crippen molar-refractivity contribution in [3.63, 3.8) is 0 Å². The molecule has 0 bridgehead atoms. The number of rotatable bonds is 9. The van der Waals surface area contributed by atoms with E-state index in [0.29, 0.717) is 6.54 Å². The lowest BCUT2D eigenvalue weighted by Crippen LogP contribution is -2.51. The Morgan fingerprint density at radius 1 is 0.718 bits per heavy atom. The third-order valence-corrected chi connectivity index (χ3v) is 7.37. The number of carbonyl (C=O) groups excluding carboxylic acids is 1. The van der Waals surface area contributed by atoms with Crippen LogP contribution in [0.15, 0.2) is 115 Å². The van der Waals surface area contributed by atoms with E-state index in [2.05, 4.69) is 87.2 Å². The number of para-hydroxylation sites is 2. The predicted molar refractivity (Wildman–Crippen MR) is 157 cm³/mol. The Labute approximate surface area is 231 Å². The minimum atomic E-state index is -0.215. The minimum Gasteiger partial charge on any atom is -0.496 e. The van der Waals surface area contributed by atoms with Crippen LogP contribution in [0, 0.1) is 0 Å². The average molecular weight is 521 g/mol. The van der Waals surface area contributed by atoms with Gasteiger partial charge in [0.15, 0.2) is 0 Å². The molecule has 4 aromatic rings. The molecule has 2 amide bonds. The van der Waals surface area contributed by atoms with Crippen LogP contribution in [0.1, 0.15) is 28.8 Å². The lowest BCUT2D eigenvalue weighted by atomic mass is 9.96. The van der Waals surface area contributed by atoms with Crippen LogP contribution in [0.4, 0.5) is 10.5 Å². The zero-order valence-electron chi connectivity index (χ0n) is 22.4. The van der Waals surface area contributed by atoms with E-state index in [4.69, 9.17) is 4.74 Å². The van der Waals surface area contributed by atoms with Crippen LogP contribution in [0.5, 0.6) is 5.75 Å². The smallest absolute Gasteiger partial charge is 0.319 e. The monoisotopic (exact) mass is 520 g/mol. The molecular formula is C33H36N4O2. The van der Waals surface area contributed by atoms with Crippen molar-refractivity contribution in [2.24, 2.45) is 0 Å². The van der Waals surface area contributed by atoms with E-state index in [-0.39, 0.29) is 18.1 Å². The van der Waals surface area contributed by atoms with Crippen LogP contribution < -0.4 is 15.4 Å². The molecule has 1 unspecified atom stereocenters. The summed E-state index contributed by atoms with van der Waals surface area (Å²) in [6.07, 6.45) is 0. The van der Waals surface area contributed by atoms with Crippen LogP contribution in [0.25, 0.3) is 0 Å². The summed E-state index contributed by atoms with van der Waals surface area (Å²) < 4.78 is 5.73. The highest BCUT2D eigenvalue weighted by Crippen LogP contribution is 2.33. The summed E-state index contributed by atoms with van der Waals surface area (Å²) in [6, 6.07) is 39.1. The standard InChI is InChI=1S/C33H36N4O2/c1-39-31-20-12-11-19-29(31)30(25-34-33(38)35-28-17-9-4-10-18-28)36-21-23-37(24-22-36)32(26-13-5-2-6-14-26)27-15-7-3-8-16-27/h2-20,30,32H,21-25H2,1H3,(H2,34,35,38). The molecular weight excluding hydrogens is 484 g/mol. The SMILES string of the molecule is COc1ccccc1C(CNC(=O)Nc1ccccc1)N1CCN(C(c2ccccc2)c2ccccc2)CC1. The first-order chi connectivity index (χ1) is 19.2. The van der Waals surface area contributed by atoms with Crippen LogP contribution >= 0.6 is 0 Å². The fourth-order valence-electron chi connectivity index (χ4n) is 5.46. The highest BCUT2D eigenvalue weighted by molar-refractivity contribution is 5.89. The van der Waals surface area contributed by atoms with E-state index in [1.54, 1.807) is 7.11 Å². The van der Waals surface area contributed by atoms with E-state index in [1.807, 2.05) is 48.5 Å². The Balaban J connectivity index is 1.32. The van der Waals surface area contributed by atoms with Crippen molar-refractivity contribution < 1.29 is 9.53 Å². The van der Waals surface area contributed by atoms with Gasteiger partial charge in [0.2, 0.25) is 0 Å². The van der Waals surface area contributed by atoms with Gasteiger partial charge in [0.25, 0.3) is 0 Å². The van der Waals surface area contributed by atoms with E-state index < -0.39 is 0 Å². The summed E-state index contributed by atoms with van der Waals surface area (Å²) in [6.45, 7) is 4.05. The van der Waals surface area contributed by atoms with Gasteiger partial charge in [-0.3, -0.25) is 9.80 Å². The molecule has 0 aliphatic carbocycles. The largest absolute Gasteiger partial charge is 0.496 e. The fraction of sp³-hybridized carbons (Fsp3) is 0.242. The Hall–Kier alpha value is -4.13. The third-order valence-electron chi connectivity index (χ3n) is 7.37. The van der Waals surface area contributed by atoms with Crippen LogP contribution in [-0.4, -0.2) is 55.7 Å². The highest BCUT2D eigenvalue weighted by Gasteiger charge is 2.31. The van der Waals surface area contributed by atoms with E-state index in [1.165, 1.54) is 11.1 Å². The Morgan fingerprint density at radius 2 is 1.23 bits per heavy atom. The third kappa shape index (κ3) is 6.66. The van der Waals surface area contributed by atoms with E-state index in [0.717, 1.165) is 43.2 Å². The first-order valence-corrected chi connectivity index (χ1v) is 13.5. The maximum atomic E-state index is 12.8. The van der Waals surface area contributed by atoms with Crippen molar-refractivity contribution >= 4 is 11.7 Å². The van der Waals surface area contributed by atoms with Gasteiger partial charge < -0.3 is 15.4 Å². The zero-order chi connectivity index (χ0) is 26.9. The summed E-state index contributed by atoms with van der Waals surface area (Å²) in [4.78, 5) is 17.8. The van der Waals surface area contributed by atoms with Crippen molar-refractivity contribution in [3.05, 3.63) is 132 Å². The van der Waals surface area contributed by atoms with Crippen LogP contribution in [0.3, 0.4) is 0 Å². The number of hydrogen-bond donors (Lipinski definition) is 2. The molecule has 0 aromatic heterocycles. The number of amides is 2. The van der Waals surface area contributed by atoms with Gasteiger partial charge in [-0.1, -0.05) is 97.1 Å². The number of urea groups is 1. The molecule has 200 valence electrons. The van der Waals surface area contributed by atoms with Gasteiger partial charge >= 0.3 is 6.03 Å². The molecule has 5 rings (SSSR count). The van der Waals surface area contributed by atoms with Gasteiger partial charge in [-0.2, -0.15) is 0 Å². The van der Waals surface area contributed by atoms with Gasteiger partial charge in [0.05, 0.1) is 19.2 Å². The van der Waals surface area contributed by atoms with Gasteiger partial charge in [0.1, 0.15) is 5.75 Å². The van der Waals surface area contributed by atoms with Gasteiger partial charge in [-0.15, -0.1) is 0 Å². The highest BCUT2D eigenvalue weighted by atomic mass is 16.5. The number of methoxy groups -OCH3 is 1. The zero-order valence-corrected chi connectivity index (χ0v) is 22.4. The summed E-state index contributed by atoms with van der Waals surface area (Å²) in [5.41, 5.74) is 4.46. The minimum absolute atomic E-state index is 0.0169. The molecule has 6 heteroatoms. The molecule has 1 atom stereocenters. The molecule has 1 aliphatic heterocycles. The molecule has 1 saturated heterocycles. The Bertz CT molecular complexity index is 1270. The number of nitrogens with one attached hydrogen (secondary N) is 2. The molecule has 6 nitrogen and oxygen atoms in total. The summed E-state index contributed by atoms with van der Waals surface area (Å²) >= 11 is 0. The Morgan fingerprint density at radius 3 is 1.82 bits per heavy atom. The van der Waals surface area contributed by atoms with E-state index >= 15 is 0 Å². The first kappa shape index (κ1) is 26.5. The van der Waals surface area contributed by atoms with Gasteiger partial charge in [-0.05, 0) is 29.3 Å². The number of piperazine rings is 1.